The summed E-state index contributed by atoms with van der Waals surface area (Å²) in [7, 11) is 0. The molecule has 4 rings (SSSR count). The zero-order chi connectivity index (χ0) is 24.1. The normalized spacial score (nSPS) is 20.0. The van der Waals surface area contributed by atoms with Gasteiger partial charge in [0.2, 0.25) is 5.91 Å². The Kier molecular flexibility index (Phi) is 7.47. The van der Waals surface area contributed by atoms with Crippen molar-refractivity contribution in [3.63, 3.8) is 0 Å². The van der Waals surface area contributed by atoms with Crippen molar-refractivity contribution in [3.8, 4) is 11.1 Å². The summed E-state index contributed by atoms with van der Waals surface area (Å²) in [4.78, 5) is 35.5. The van der Waals surface area contributed by atoms with Gasteiger partial charge in [0.25, 0.3) is 0 Å². The summed E-state index contributed by atoms with van der Waals surface area (Å²) < 4.78 is 5.58. The van der Waals surface area contributed by atoms with E-state index in [2.05, 4.69) is 34.9 Å². The first-order chi connectivity index (χ1) is 16.4. The van der Waals surface area contributed by atoms with Crippen molar-refractivity contribution in [1.82, 2.24) is 10.6 Å². The van der Waals surface area contributed by atoms with E-state index in [4.69, 9.17) is 9.84 Å². The number of rotatable bonds is 8. The molecule has 34 heavy (non-hydrogen) atoms. The Morgan fingerprint density at radius 2 is 1.62 bits per heavy atom. The van der Waals surface area contributed by atoms with Gasteiger partial charge in [0.1, 0.15) is 6.61 Å². The van der Waals surface area contributed by atoms with Crippen LogP contribution >= 0.6 is 0 Å². The quantitative estimate of drug-likeness (QED) is 0.474. The average Bonchev–Trinajstić information content (AvgIpc) is 3.18. The maximum atomic E-state index is 12.4. The summed E-state index contributed by atoms with van der Waals surface area (Å²) >= 11 is 0. The van der Waals surface area contributed by atoms with Gasteiger partial charge in [-0.1, -0.05) is 55.0 Å². The number of fused-ring (bicyclic) bond motifs is 3. The van der Waals surface area contributed by atoms with Crippen molar-refractivity contribution in [2.45, 2.75) is 37.7 Å². The van der Waals surface area contributed by atoms with Gasteiger partial charge in [0.15, 0.2) is 6.10 Å². The van der Waals surface area contributed by atoms with Crippen molar-refractivity contribution < 1.29 is 29.3 Å². The molecular formula is C26H30N2O6. The average molecular weight is 467 g/mol. The highest BCUT2D eigenvalue weighted by Crippen LogP contribution is 2.44. The fourth-order valence-electron chi connectivity index (χ4n) is 5.02. The number of nitrogens with one attached hydrogen (secondary N) is 2. The number of aliphatic carboxylic acids is 1. The van der Waals surface area contributed by atoms with E-state index in [-0.39, 0.29) is 36.8 Å². The second kappa shape index (κ2) is 10.7. The number of carbonyl (C=O) groups excluding carboxylic acids is 2. The minimum atomic E-state index is -1.61. The molecule has 0 spiro atoms. The van der Waals surface area contributed by atoms with E-state index in [1.165, 1.54) is 11.1 Å². The van der Waals surface area contributed by atoms with Crippen LogP contribution in [0.4, 0.5) is 4.79 Å². The van der Waals surface area contributed by atoms with Gasteiger partial charge in [0, 0.05) is 18.4 Å². The van der Waals surface area contributed by atoms with Gasteiger partial charge in [-0.3, -0.25) is 4.79 Å². The maximum Gasteiger partial charge on any atom is 0.407 e. The third-order valence-electron chi connectivity index (χ3n) is 6.79. The monoisotopic (exact) mass is 466 g/mol. The Morgan fingerprint density at radius 3 is 2.26 bits per heavy atom. The third-order valence-corrected chi connectivity index (χ3v) is 6.79. The van der Waals surface area contributed by atoms with Crippen LogP contribution in [0, 0.1) is 11.8 Å². The Labute approximate surface area is 198 Å². The number of aliphatic hydroxyl groups excluding tert-OH is 1. The van der Waals surface area contributed by atoms with Gasteiger partial charge in [0.05, 0.1) is 6.54 Å². The summed E-state index contributed by atoms with van der Waals surface area (Å²) in [6, 6.07) is 16.3. The second-order valence-corrected chi connectivity index (χ2v) is 9.04. The molecule has 0 aliphatic heterocycles. The number of amides is 2. The van der Waals surface area contributed by atoms with E-state index >= 15 is 0 Å². The largest absolute Gasteiger partial charge is 0.479 e. The van der Waals surface area contributed by atoms with Crippen molar-refractivity contribution >= 4 is 18.0 Å². The molecule has 2 aliphatic carbocycles. The number of alkyl carbamates (subject to hydrolysis) is 1. The Bertz CT molecular complexity index is 1010. The van der Waals surface area contributed by atoms with Crippen molar-refractivity contribution in [2.24, 2.45) is 11.8 Å². The lowest BCUT2D eigenvalue weighted by Gasteiger charge is -2.28. The molecule has 2 aromatic carbocycles. The highest BCUT2D eigenvalue weighted by Gasteiger charge is 2.30. The molecule has 0 radical (unpaired) electrons. The van der Waals surface area contributed by atoms with Gasteiger partial charge in [-0.05, 0) is 47.4 Å². The molecule has 3 atom stereocenters. The molecule has 1 fully saturated rings. The zero-order valence-electron chi connectivity index (χ0n) is 18.9. The van der Waals surface area contributed by atoms with Gasteiger partial charge in [-0.2, -0.15) is 0 Å². The molecule has 4 N–H and O–H groups in total. The molecular weight excluding hydrogens is 436 g/mol. The topological polar surface area (TPSA) is 125 Å². The van der Waals surface area contributed by atoms with Crippen LogP contribution in [-0.2, 0) is 14.3 Å². The first-order valence-corrected chi connectivity index (χ1v) is 11.7. The number of carboxylic acids is 1. The Hall–Kier alpha value is -3.39. The summed E-state index contributed by atoms with van der Waals surface area (Å²) in [5, 5.41) is 23.4. The van der Waals surface area contributed by atoms with E-state index in [1.807, 2.05) is 24.3 Å². The number of hydrogen-bond donors (Lipinski definition) is 4. The zero-order valence-corrected chi connectivity index (χ0v) is 18.9. The van der Waals surface area contributed by atoms with Crippen LogP contribution in [0.2, 0.25) is 0 Å². The molecule has 0 aromatic heterocycles. The summed E-state index contributed by atoms with van der Waals surface area (Å²) in [5.74, 6) is -1.75. The SMILES string of the molecule is O=C(NCC1CCCC(C(=O)NCC(O)C(=O)O)C1)OCC1c2ccccc2-c2ccccc21. The summed E-state index contributed by atoms with van der Waals surface area (Å²) in [5.41, 5.74) is 4.67. The minimum Gasteiger partial charge on any atom is -0.479 e. The Morgan fingerprint density at radius 1 is 0.971 bits per heavy atom. The van der Waals surface area contributed by atoms with Crippen molar-refractivity contribution in [2.75, 3.05) is 19.7 Å². The minimum absolute atomic E-state index is 0.00191. The number of ether oxygens (including phenoxy) is 1. The molecule has 0 saturated heterocycles. The molecule has 2 aromatic rings. The molecule has 3 unspecified atom stereocenters. The van der Waals surface area contributed by atoms with Crippen LogP contribution in [-0.4, -0.2) is 54.0 Å². The summed E-state index contributed by atoms with van der Waals surface area (Å²) in [6.45, 7) is 0.354. The molecule has 2 amide bonds. The smallest absolute Gasteiger partial charge is 0.407 e. The predicted octanol–water partition coefficient (Wildman–Crippen LogP) is 2.89. The van der Waals surface area contributed by atoms with Gasteiger partial charge in [-0.15, -0.1) is 0 Å². The van der Waals surface area contributed by atoms with Gasteiger partial charge < -0.3 is 25.6 Å². The van der Waals surface area contributed by atoms with E-state index in [0.29, 0.717) is 19.4 Å². The second-order valence-electron chi connectivity index (χ2n) is 9.04. The first-order valence-electron chi connectivity index (χ1n) is 11.7. The molecule has 180 valence electrons. The number of carbonyl (C=O) groups is 3. The van der Waals surface area contributed by atoms with E-state index in [0.717, 1.165) is 24.0 Å². The van der Waals surface area contributed by atoms with Gasteiger partial charge >= 0.3 is 12.1 Å². The highest BCUT2D eigenvalue weighted by atomic mass is 16.5. The fourth-order valence-corrected chi connectivity index (χ4v) is 5.02. The van der Waals surface area contributed by atoms with Crippen LogP contribution in [0.1, 0.15) is 42.7 Å². The van der Waals surface area contributed by atoms with Crippen LogP contribution in [0.3, 0.4) is 0 Å². The molecule has 0 heterocycles. The van der Waals surface area contributed by atoms with Gasteiger partial charge in [-0.25, -0.2) is 9.59 Å². The van der Waals surface area contributed by atoms with E-state index in [1.54, 1.807) is 0 Å². The van der Waals surface area contributed by atoms with Crippen LogP contribution < -0.4 is 10.6 Å². The molecule has 2 aliphatic rings. The lowest BCUT2D eigenvalue weighted by atomic mass is 9.81. The van der Waals surface area contributed by atoms with E-state index < -0.39 is 18.2 Å². The standard InChI is InChI=1S/C26H30N2O6/c29-23(25(31)32)14-27-24(30)17-7-5-6-16(12-17)13-28-26(33)34-15-22-20-10-3-1-8-18(20)19-9-2-4-11-21(19)22/h1-4,8-11,16-17,22-23,29H,5-7,12-15H2,(H,27,30)(H,28,33)(H,31,32). The molecule has 8 heteroatoms. The van der Waals surface area contributed by atoms with Crippen molar-refractivity contribution in [3.05, 3.63) is 59.7 Å². The fraction of sp³-hybridized carbons (Fsp3) is 0.423. The lowest BCUT2D eigenvalue weighted by Crippen LogP contribution is -2.41. The number of benzene rings is 2. The highest BCUT2D eigenvalue weighted by molar-refractivity contribution is 5.80. The summed E-state index contributed by atoms with van der Waals surface area (Å²) in [6.07, 6.45) is 0.952. The maximum absolute atomic E-state index is 12.4. The van der Waals surface area contributed by atoms with Crippen LogP contribution in [0.25, 0.3) is 11.1 Å². The van der Waals surface area contributed by atoms with Crippen LogP contribution in [0.5, 0.6) is 0 Å². The first kappa shape index (κ1) is 23.8. The number of aliphatic hydroxyl groups is 1. The molecule has 8 nitrogen and oxygen atoms in total. The number of hydrogen-bond acceptors (Lipinski definition) is 5. The molecule has 1 saturated carbocycles. The van der Waals surface area contributed by atoms with Crippen LogP contribution in [0.15, 0.2) is 48.5 Å². The lowest BCUT2D eigenvalue weighted by molar-refractivity contribution is -0.146. The third kappa shape index (κ3) is 5.39. The predicted molar refractivity (Wildman–Crippen MR) is 125 cm³/mol. The molecule has 0 bridgehead atoms. The van der Waals surface area contributed by atoms with E-state index in [9.17, 15) is 19.5 Å². The number of carboxylic acid groups (broad SMARTS) is 1. The Balaban J connectivity index is 1.25. The van der Waals surface area contributed by atoms with Crippen molar-refractivity contribution in [1.29, 1.82) is 0 Å².